The van der Waals surface area contributed by atoms with Gasteiger partial charge in [-0.15, -0.1) is 0 Å². The normalized spacial score (nSPS) is 10.4. The number of halogens is 3. The van der Waals surface area contributed by atoms with Crippen molar-refractivity contribution in [3.8, 4) is 5.75 Å². The van der Waals surface area contributed by atoms with Gasteiger partial charge in [0.25, 0.3) is 0 Å². The standard InChI is InChI=1S/C15H14F3NO/c1-20-12-4-2-10(3-5-12)6-7-19-14-9-11(16)8-13(17)15(14)18/h2-5,8-9,19H,6-7H2,1H3. The lowest BCUT2D eigenvalue weighted by molar-refractivity contribution is 0.414. The van der Waals surface area contributed by atoms with Crippen LogP contribution in [0, 0.1) is 17.5 Å². The molecule has 0 heterocycles. The van der Waals surface area contributed by atoms with Crippen LogP contribution in [0.5, 0.6) is 5.75 Å². The Balaban J connectivity index is 1.95. The molecule has 0 unspecified atom stereocenters. The maximum atomic E-state index is 13.4. The molecular formula is C15H14F3NO. The number of hydrogen-bond donors (Lipinski definition) is 1. The highest BCUT2D eigenvalue weighted by Gasteiger charge is 2.10. The molecule has 1 N–H and O–H groups in total. The van der Waals surface area contributed by atoms with E-state index in [-0.39, 0.29) is 5.69 Å². The first-order valence-corrected chi connectivity index (χ1v) is 6.11. The Bertz CT molecular complexity index is 584. The molecule has 0 aliphatic rings. The van der Waals surface area contributed by atoms with Gasteiger partial charge < -0.3 is 10.1 Å². The van der Waals surface area contributed by atoms with Crippen LogP contribution in [0.3, 0.4) is 0 Å². The van der Waals surface area contributed by atoms with Crippen LogP contribution in [0.2, 0.25) is 0 Å². The van der Waals surface area contributed by atoms with Crippen molar-refractivity contribution in [3.63, 3.8) is 0 Å². The van der Waals surface area contributed by atoms with E-state index in [1.165, 1.54) is 0 Å². The first kappa shape index (κ1) is 14.2. The number of methoxy groups -OCH3 is 1. The molecule has 0 saturated heterocycles. The summed E-state index contributed by atoms with van der Waals surface area (Å²) >= 11 is 0. The molecule has 0 saturated carbocycles. The number of hydrogen-bond acceptors (Lipinski definition) is 2. The third kappa shape index (κ3) is 3.44. The Labute approximate surface area is 115 Å². The van der Waals surface area contributed by atoms with Gasteiger partial charge in [0.2, 0.25) is 0 Å². The summed E-state index contributed by atoms with van der Waals surface area (Å²) in [5, 5.41) is 2.69. The molecule has 2 rings (SSSR count). The van der Waals surface area contributed by atoms with Crippen molar-refractivity contribution in [1.29, 1.82) is 0 Å². The summed E-state index contributed by atoms with van der Waals surface area (Å²) in [6, 6.07) is 8.85. The van der Waals surface area contributed by atoms with Gasteiger partial charge in [-0.05, 0) is 24.1 Å². The van der Waals surface area contributed by atoms with E-state index in [4.69, 9.17) is 4.74 Å². The maximum Gasteiger partial charge on any atom is 0.182 e. The molecule has 2 aromatic carbocycles. The number of rotatable bonds is 5. The van der Waals surface area contributed by atoms with Crippen molar-refractivity contribution in [2.45, 2.75) is 6.42 Å². The Morgan fingerprint density at radius 1 is 1.05 bits per heavy atom. The van der Waals surface area contributed by atoms with Crippen molar-refractivity contribution in [1.82, 2.24) is 0 Å². The summed E-state index contributed by atoms with van der Waals surface area (Å²) in [5.74, 6) is -2.33. The second-order valence-electron chi connectivity index (χ2n) is 4.27. The molecule has 0 aromatic heterocycles. The smallest absolute Gasteiger partial charge is 0.182 e. The van der Waals surface area contributed by atoms with Crippen molar-refractivity contribution in [2.24, 2.45) is 0 Å². The van der Waals surface area contributed by atoms with Gasteiger partial charge in [-0.2, -0.15) is 0 Å². The lowest BCUT2D eigenvalue weighted by Gasteiger charge is -2.09. The predicted octanol–water partition coefficient (Wildman–Crippen LogP) is 3.77. The zero-order chi connectivity index (χ0) is 14.5. The average molecular weight is 281 g/mol. The van der Waals surface area contributed by atoms with Crippen molar-refractivity contribution in [3.05, 3.63) is 59.4 Å². The Morgan fingerprint density at radius 2 is 1.75 bits per heavy atom. The largest absolute Gasteiger partial charge is 0.497 e. The van der Waals surface area contributed by atoms with Gasteiger partial charge in [-0.25, -0.2) is 13.2 Å². The molecule has 0 atom stereocenters. The van der Waals surface area contributed by atoms with Crippen LogP contribution in [-0.4, -0.2) is 13.7 Å². The van der Waals surface area contributed by atoms with Gasteiger partial charge >= 0.3 is 0 Å². The van der Waals surface area contributed by atoms with Crippen molar-refractivity contribution < 1.29 is 17.9 Å². The molecule has 106 valence electrons. The molecule has 2 aromatic rings. The van der Waals surface area contributed by atoms with Crippen LogP contribution in [-0.2, 0) is 6.42 Å². The molecule has 20 heavy (non-hydrogen) atoms. The highest BCUT2D eigenvalue weighted by molar-refractivity contribution is 5.45. The van der Waals surface area contributed by atoms with Crippen LogP contribution in [0.25, 0.3) is 0 Å². The molecule has 0 fully saturated rings. The van der Waals surface area contributed by atoms with Gasteiger partial charge in [-0.1, -0.05) is 12.1 Å². The SMILES string of the molecule is COc1ccc(CCNc2cc(F)cc(F)c2F)cc1. The summed E-state index contributed by atoms with van der Waals surface area (Å²) in [4.78, 5) is 0. The third-order valence-corrected chi connectivity index (χ3v) is 2.88. The molecule has 2 nitrogen and oxygen atoms in total. The summed E-state index contributed by atoms with van der Waals surface area (Å²) in [6.45, 7) is 0.367. The molecule has 0 radical (unpaired) electrons. The summed E-state index contributed by atoms with van der Waals surface area (Å²) in [6.07, 6.45) is 0.599. The zero-order valence-electron chi connectivity index (χ0n) is 10.9. The zero-order valence-corrected chi connectivity index (χ0v) is 10.9. The second-order valence-corrected chi connectivity index (χ2v) is 4.27. The van der Waals surface area contributed by atoms with Gasteiger partial charge in [0.15, 0.2) is 11.6 Å². The molecule has 0 spiro atoms. The van der Waals surface area contributed by atoms with E-state index in [9.17, 15) is 13.2 Å². The molecule has 0 aliphatic heterocycles. The molecule has 5 heteroatoms. The lowest BCUT2D eigenvalue weighted by atomic mass is 10.1. The van der Waals surface area contributed by atoms with Gasteiger partial charge in [-0.3, -0.25) is 0 Å². The van der Waals surface area contributed by atoms with Gasteiger partial charge in [0.1, 0.15) is 11.6 Å². The van der Waals surface area contributed by atoms with E-state index in [1.54, 1.807) is 7.11 Å². The second kappa shape index (κ2) is 6.32. The Hall–Kier alpha value is -2.17. The van der Waals surface area contributed by atoms with Crippen LogP contribution >= 0.6 is 0 Å². The highest BCUT2D eigenvalue weighted by atomic mass is 19.2. The number of anilines is 1. The topological polar surface area (TPSA) is 21.3 Å². The predicted molar refractivity (Wildman–Crippen MR) is 71.5 cm³/mol. The van der Waals surface area contributed by atoms with E-state index in [1.807, 2.05) is 24.3 Å². The monoisotopic (exact) mass is 281 g/mol. The number of ether oxygens (including phenoxy) is 1. The van der Waals surface area contributed by atoms with E-state index in [0.29, 0.717) is 19.0 Å². The minimum absolute atomic E-state index is 0.170. The fourth-order valence-corrected chi connectivity index (χ4v) is 1.82. The quantitative estimate of drug-likeness (QED) is 0.842. The fourth-order valence-electron chi connectivity index (χ4n) is 1.82. The fraction of sp³-hybridized carbons (Fsp3) is 0.200. The minimum Gasteiger partial charge on any atom is -0.497 e. The third-order valence-electron chi connectivity index (χ3n) is 2.88. The highest BCUT2D eigenvalue weighted by Crippen LogP contribution is 2.19. The lowest BCUT2D eigenvalue weighted by Crippen LogP contribution is -2.07. The van der Waals surface area contributed by atoms with Crippen molar-refractivity contribution >= 4 is 5.69 Å². The van der Waals surface area contributed by atoms with Crippen molar-refractivity contribution in [2.75, 3.05) is 19.0 Å². The van der Waals surface area contributed by atoms with Crippen LogP contribution in [0.15, 0.2) is 36.4 Å². The first-order valence-electron chi connectivity index (χ1n) is 6.11. The molecule has 0 bridgehead atoms. The van der Waals surface area contributed by atoms with E-state index >= 15 is 0 Å². The van der Waals surface area contributed by atoms with E-state index in [2.05, 4.69) is 5.32 Å². The minimum atomic E-state index is -1.20. The first-order chi connectivity index (χ1) is 9.60. The molecule has 0 amide bonds. The van der Waals surface area contributed by atoms with E-state index in [0.717, 1.165) is 17.4 Å². The summed E-state index contributed by atoms with van der Waals surface area (Å²) in [7, 11) is 1.58. The molecule has 0 aliphatic carbocycles. The Kier molecular flexibility index (Phi) is 4.50. The average Bonchev–Trinajstić information content (AvgIpc) is 2.44. The Morgan fingerprint density at radius 3 is 2.40 bits per heavy atom. The van der Waals surface area contributed by atoms with Crippen LogP contribution in [0.4, 0.5) is 18.9 Å². The van der Waals surface area contributed by atoms with Gasteiger partial charge in [0, 0.05) is 18.7 Å². The van der Waals surface area contributed by atoms with Crippen LogP contribution < -0.4 is 10.1 Å². The van der Waals surface area contributed by atoms with E-state index < -0.39 is 17.5 Å². The molecular weight excluding hydrogens is 267 g/mol. The summed E-state index contributed by atoms with van der Waals surface area (Å²) in [5.41, 5.74) is 0.839. The number of nitrogens with one attached hydrogen (secondary N) is 1. The number of benzene rings is 2. The maximum absolute atomic E-state index is 13.4. The summed E-state index contributed by atoms with van der Waals surface area (Å²) < 4.78 is 44.4. The van der Waals surface area contributed by atoms with Gasteiger partial charge in [0.05, 0.1) is 12.8 Å². The van der Waals surface area contributed by atoms with Crippen LogP contribution in [0.1, 0.15) is 5.56 Å².